The van der Waals surface area contributed by atoms with Crippen LogP contribution in [0.3, 0.4) is 0 Å². The zero-order valence-corrected chi connectivity index (χ0v) is 17.4. The second-order valence-electron chi connectivity index (χ2n) is 7.22. The van der Waals surface area contributed by atoms with Crippen molar-refractivity contribution in [1.29, 1.82) is 0 Å². The Morgan fingerprint density at radius 3 is 2.53 bits per heavy atom. The SMILES string of the molecule is O=S(=O)(NCCc1nc2ccccc2n1CCN1CCOCC1)c1ccc(F)cc1. The summed E-state index contributed by atoms with van der Waals surface area (Å²) in [5.74, 6) is 0.370. The fourth-order valence-electron chi connectivity index (χ4n) is 3.63. The molecule has 1 aliphatic rings. The molecule has 0 atom stereocenters. The smallest absolute Gasteiger partial charge is 0.240 e. The van der Waals surface area contributed by atoms with E-state index in [0.717, 1.165) is 68.4 Å². The molecule has 30 heavy (non-hydrogen) atoms. The van der Waals surface area contributed by atoms with Gasteiger partial charge in [0.15, 0.2) is 0 Å². The topological polar surface area (TPSA) is 76.5 Å². The molecule has 4 rings (SSSR count). The van der Waals surface area contributed by atoms with E-state index >= 15 is 0 Å². The molecule has 0 amide bonds. The monoisotopic (exact) mass is 432 g/mol. The average molecular weight is 433 g/mol. The summed E-state index contributed by atoms with van der Waals surface area (Å²) in [5, 5.41) is 0. The summed E-state index contributed by atoms with van der Waals surface area (Å²) in [6, 6.07) is 12.7. The van der Waals surface area contributed by atoms with E-state index in [-0.39, 0.29) is 11.4 Å². The Morgan fingerprint density at radius 1 is 1.03 bits per heavy atom. The number of halogens is 1. The first-order valence-electron chi connectivity index (χ1n) is 10.0. The Labute approximate surface area is 175 Å². The van der Waals surface area contributed by atoms with Gasteiger partial charge in [0.25, 0.3) is 0 Å². The number of nitrogens with zero attached hydrogens (tertiary/aromatic N) is 3. The van der Waals surface area contributed by atoms with Gasteiger partial charge in [0, 0.05) is 39.1 Å². The zero-order valence-electron chi connectivity index (χ0n) is 16.6. The Morgan fingerprint density at radius 2 is 1.77 bits per heavy atom. The number of rotatable bonds is 8. The molecule has 2 aromatic carbocycles. The fourth-order valence-corrected chi connectivity index (χ4v) is 4.66. The largest absolute Gasteiger partial charge is 0.379 e. The molecule has 2 heterocycles. The van der Waals surface area contributed by atoms with Crippen molar-refractivity contribution in [2.24, 2.45) is 0 Å². The van der Waals surface area contributed by atoms with Crippen LogP contribution in [0.15, 0.2) is 53.4 Å². The van der Waals surface area contributed by atoms with Gasteiger partial charge in [-0.25, -0.2) is 22.5 Å². The Bertz CT molecular complexity index is 1090. The molecule has 1 aromatic heterocycles. The third-order valence-corrected chi connectivity index (χ3v) is 6.72. The van der Waals surface area contributed by atoms with Gasteiger partial charge in [0.1, 0.15) is 11.6 Å². The predicted molar refractivity (Wildman–Crippen MR) is 112 cm³/mol. The van der Waals surface area contributed by atoms with Crippen molar-refractivity contribution in [3.8, 4) is 0 Å². The van der Waals surface area contributed by atoms with Crippen molar-refractivity contribution >= 4 is 21.1 Å². The minimum absolute atomic E-state index is 0.0460. The first kappa shape index (κ1) is 20.9. The van der Waals surface area contributed by atoms with Crippen LogP contribution < -0.4 is 4.72 Å². The number of imidazole rings is 1. The Hall–Kier alpha value is -2.33. The van der Waals surface area contributed by atoms with Crippen LogP contribution in [0.1, 0.15) is 5.82 Å². The van der Waals surface area contributed by atoms with Gasteiger partial charge in [-0.2, -0.15) is 0 Å². The molecule has 1 aliphatic heterocycles. The number of aromatic nitrogens is 2. The molecule has 160 valence electrons. The molecule has 0 aliphatic carbocycles. The Balaban J connectivity index is 1.45. The molecule has 0 saturated carbocycles. The molecular weight excluding hydrogens is 407 g/mol. The maximum absolute atomic E-state index is 13.1. The van der Waals surface area contributed by atoms with Gasteiger partial charge in [-0.1, -0.05) is 12.1 Å². The fraction of sp³-hybridized carbons (Fsp3) is 0.381. The molecule has 9 heteroatoms. The van der Waals surface area contributed by atoms with E-state index in [1.54, 1.807) is 0 Å². The summed E-state index contributed by atoms with van der Waals surface area (Å²) < 4.78 is 48.1. The van der Waals surface area contributed by atoms with Crippen molar-refractivity contribution in [3.63, 3.8) is 0 Å². The van der Waals surface area contributed by atoms with Crippen molar-refractivity contribution in [2.75, 3.05) is 39.4 Å². The number of hydrogen-bond donors (Lipinski definition) is 1. The molecule has 0 unspecified atom stereocenters. The van der Waals surface area contributed by atoms with Crippen molar-refractivity contribution in [1.82, 2.24) is 19.2 Å². The van der Waals surface area contributed by atoms with Crippen LogP contribution in [-0.4, -0.2) is 62.3 Å². The van der Waals surface area contributed by atoms with E-state index in [4.69, 9.17) is 9.72 Å². The predicted octanol–water partition coefficient (Wildman–Crippen LogP) is 2.03. The van der Waals surface area contributed by atoms with Crippen LogP contribution in [-0.2, 0) is 27.7 Å². The molecule has 0 spiro atoms. The van der Waals surface area contributed by atoms with E-state index in [2.05, 4.69) is 14.2 Å². The van der Waals surface area contributed by atoms with Crippen LogP contribution in [0.4, 0.5) is 4.39 Å². The first-order chi connectivity index (χ1) is 14.5. The number of benzene rings is 2. The number of sulfonamides is 1. The van der Waals surface area contributed by atoms with Gasteiger partial charge in [0.2, 0.25) is 10.0 Å². The highest BCUT2D eigenvalue weighted by Crippen LogP contribution is 2.17. The van der Waals surface area contributed by atoms with Gasteiger partial charge in [-0.15, -0.1) is 0 Å². The summed E-state index contributed by atoms with van der Waals surface area (Å²) in [5.41, 5.74) is 1.94. The summed E-state index contributed by atoms with van der Waals surface area (Å²) >= 11 is 0. The van der Waals surface area contributed by atoms with Crippen LogP contribution in [0, 0.1) is 5.82 Å². The zero-order chi connectivity index (χ0) is 21.0. The summed E-state index contributed by atoms with van der Waals surface area (Å²) in [4.78, 5) is 7.12. The van der Waals surface area contributed by atoms with Crippen LogP contribution >= 0.6 is 0 Å². The van der Waals surface area contributed by atoms with E-state index in [9.17, 15) is 12.8 Å². The lowest BCUT2D eigenvalue weighted by Gasteiger charge is -2.27. The first-order valence-corrected chi connectivity index (χ1v) is 11.5. The maximum atomic E-state index is 13.1. The lowest BCUT2D eigenvalue weighted by Crippen LogP contribution is -2.38. The van der Waals surface area contributed by atoms with Gasteiger partial charge < -0.3 is 9.30 Å². The number of nitrogens with one attached hydrogen (secondary N) is 1. The second kappa shape index (κ2) is 9.22. The minimum Gasteiger partial charge on any atom is -0.379 e. The summed E-state index contributed by atoms with van der Waals surface area (Å²) in [7, 11) is -3.70. The van der Waals surface area contributed by atoms with E-state index in [1.807, 2.05) is 24.3 Å². The lowest BCUT2D eigenvalue weighted by molar-refractivity contribution is 0.0364. The van der Waals surface area contributed by atoms with E-state index in [1.165, 1.54) is 12.1 Å². The quantitative estimate of drug-likeness (QED) is 0.590. The summed E-state index contributed by atoms with van der Waals surface area (Å²) in [6.07, 6.45) is 0.457. The van der Waals surface area contributed by atoms with Crippen LogP contribution in [0.2, 0.25) is 0 Å². The van der Waals surface area contributed by atoms with E-state index < -0.39 is 15.8 Å². The van der Waals surface area contributed by atoms with Gasteiger partial charge in [-0.3, -0.25) is 4.90 Å². The summed E-state index contributed by atoms with van der Waals surface area (Å²) in [6.45, 7) is 5.21. The molecule has 1 fully saturated rings. The highest BCUT2D eigenvalue weighted by Gasteiger charge is 2.17. The number of ether oxygens (including phenoxy) is 1. The number of hydrogen-bond acceptors (Lipinski definition) is 5. The third kappa shape index (κ3) is 4.86. The average Bonchev–Trinajstić information content (AvgIpc) is 3.10. The standard InChI is InChI=1S/C21H25FN4O3S/c22-17-5-7-18(8-6-17)30(27,28)23-10-9-21-24-19-3-1-2-4-20(19)26(21)12-11-25-13-15-29-16-14-25/h1-8,23H,9-16H2. The van der Waals surface area contributed by atoms with Gasteiger partial charge in [0.05, 0.1) is 29.1 Å². The van der Waals surface area contributed by atoms with Crippen molar-refractivity contribution in [3.05, 3.63) is 60.2 Å². The lowest BCUT2D eigenvalue weighted by atomic mass is 10.3. The number of fused-ring (bicyclic) bond motifs is 1. The molecule has 0 radical (unpaired) electrons. The third-order valence-electron chi connectivity index (χ3n) is 5.24. The molecular formula is C21H25FN4O3S. The minimum atomic E-state index is -3.70. The number of morpholine rings is 1. The molecule has 1 N–H and O–H groups in total. The maximum Gasteiger partial charge on any atom is 0.240 e. The van der Waals surface area contributed by atoms with Crippen LogP contribution in [0.5, 0.6) is 0 Å². The normalized spacial score (nSPS) is 15.6. The number of para-hydroxylation sites is 2. The molecule has 7 nitrogen and oxygen atoms in total. The second-order valence-corrected chi connectivity index (χ2v) is 8.99. The van der Waals surface area contributed by atoms with Crippen LogP contribution in [0.25, 0.3) is 11.0 Å². The molecule has 1 saturated heterocycles. The highest BCUT2D eigenvalue weighted by atomic mass is 32.2. The van der Waals surface area contributed by atoms with Crippen molar-refractivity contribution in [2.45, 2.75) is 17.9 Å². The highest BCUT2D eigenvalue weighted by molar-refractivity contribution is 7.89. The Kier molecular flexibility index (Phi) is 6.43. The van der Waals surface area contributed by atoms with E-state index in [0.29, 0.717) is 6.42 Å². The van der Waals surface area contributed by atoms with Gasteiger partial charge in [-0.05, 0) is 36.4 Å². The molecule has 0 bridgehead atoms. The van der Waals surface area contributed by atoms with Gasteiger partial charge >= 0.3 is 0 Å². The molecule has 3 aromatic rings. The van der Waals surface area contributed by atoms with Crippen molar-refractivity contribution < 1.29 is 17.5 Å².